The van der Waals surface area contributed by atoms with Crippen molar-refractivity contribution in [3.63, 3.8) is 0 Å². The average Bonchev–Trinajstić information content (AvgIpc) is 3.23. The number of amides is 1. The molecule has 10 heteroatoms. The van der Waals surface area contributed by atoms with Crippen LogP contribution >= 0.6 is 0 Å². The molecule has 9 nitrogen and oxygen atoms in total. The van der Waals surface area contributed by atoms with E-state index >= 15 is 0 Å². The van der Waals surface area contributed by atoms with Crippen molar-refractivity contribution in [1.29, 1.82) is 0 Å². The zero-order chi connectivity index (χ0) is 30.6. The third-order valence-corrected chi connectivity index (χ3v) is 8.65. The van der Waals surface area contributed by atoms with Gasteiger partial charge in [0.2, 0.25) is 0 Å². The Morgan fingerprint density at radius 2 is 1.50 bits per heavy atom. The molecule has 0 saturated carbocycles. The Labute approximate surface area is 247 Å². The summed E-state index contributed by atoms with van der Waals surface area (Å²) in [5.74, 6) is 0.0520. The third-order valence-electron chi connectivity index (χ3n) is 6.88. The first kappa shape index (κ1) is 30.4. The normalized spacial score (nSPS) is 11.5. The number of aryl methyl sites for hydroxylation is 4. The number of hydrogen-bond acceptors (Lipinski definition) is 6. The molecular formula is C32H36N4O5S. The quantitative estimate of drug-likeness (QED) is 0.198. The fraction of sp³-hybridized carbons (Fsp3) is 0.250. The highest BCUT2D eigenvalue weighted by Gasteiger charge is 2.28. The topological polar surface area (TPSA) is 102 Å². The number of ether oxygens (including phenoxy) is 2. The summed E-state index contributed by atoms with van der Waals surface area (Å²) in [6.45, 7) is 9.54. The van der Waals surface area contributed by atoms with Crippen molar-refractivity contribution in [3.05, 3.63) is 100 Å². The van der Waals surface area contributed by atoms with E-state index in [0.717, 1.165) is 32.5 Å². The molecule has 0 bridgehead atoms. The van der Waals surface area contributed by atoms with Crippen molar-refractivity contribution in [2.75, 3.05) is 25.1 Å². The van der Waals surface area contributed by atoms with Gasteiger partial charge in [0.1, 0.15) is 6.54 Å². The molecule has 220 valence electrons. The summed E-state index contributed by atoms with van der Waals surface area (Å²) in [6.07, 6.45) is 1.57. The van der Waals surface area contributed by atoms with Gasteiger partial charge in [0.05, 0.1) is 31.0 Å². The molecule has 0 aliphatic heterocycles. The molecule has 0 aliphatic rings. The second kappa shape index (κ2) is 12.5. The van der Waals surface area contributed by atoms with Gasteiger partial charge in [0.15, 0.2) is 11.5 Å². The number of carbonyl (C=O) groups excluding carboxylic acids is 1. The van der Waals surface area contributed by atoms with Crippen LogP contribution in [0.1, 0.15) is 33.6 Å². The molecule has 0 atom stereocenters. The highest BCUT2D eigenvalue weighted by atomic mass is 32.2. The summed E-state index contributed by atoms with van der Waals surface area (Å²) in [5, 5.41) is 4.16. The summed E-state index contributed by atoms with van der Waals surface area (Å²) in [5.41, 5.74) is 10.00. The molecule has 0 unspecified atom stereocenters. The molecule has 1 N–H and O–H groups in total. The standard InChI is InChI=1S/C32H36N4O5S/c1-21-8-10-27(11-9-21)35(42(38,39)29-12-13-30(40-6)31(18-29)41-7)20-32(37)34-33-19-26-17-24(4)36(25(26)5)28-15-22(2)14-23(3)16-28/h8-19H,20H2,1-7H3,(H,34,37)/b33-19+. The van der Waals surface area contributed by atoms with Gasteiger partial charge in [-0.25, -0.2) is 13.8 Å². The van der Waals surface area contributed by atoms with E-state index in [-0.39, 0.29) is 10.6 Å². The number of carbonyl (C=O) groups is 1. The largest absolute Gasteiger partial charge is 0.493 e. The van der Waals surface area contributed by atoms with E-state index in [1.807, 2.05) is 26.8 Å². The molecule has 3 aromatic carbocycles. The van der Waals surface area contributed by atoms with Crippen LogP contribution < -0.4 is 19.2 Å². The number of sulfonamides is 1. The molecule has 42 heavy (non-hydrogen) atoms. The van der Waals surface area contributed by atoms with Gasteiger partial charge in [-0.3, -0.25) is 9.10 Å². The first-order valence-corrected chi connectivity index (χ1v) is 14.8. The van der Waals surface area contributed by atoms with E-state index in [1.54, 1.807) is 30.5 Å². The molecule has 1 aromatic heterocycles. The minimum atomic E-state index is -4.16. The molecule has 0 aliphatic carbocycles. The zero-order valence-electron chi connectivity index (χ0n) is 24.9. The van der Waals surface area contributed by atoms with Crippen molar-refractivity contribution in [2.24, 2.45) is 5.10 Å². The Balaban J connectivity index is 1.59. The zero-order valence-corrected chi connectivity index (χ0v) is 25.7. The number of benzene rings is 3. The van der Waals surface area contributed by atoms with E-state index in [0.29, 0.717) is 11.4 Å². The van der Waals surface area contributed by atoms with E-state index in [1.165, 1.54) is 43.5 Å². The highest BCUT2D eigenvalue weighted by Crippen LogP contribution is 2.32. The Kier molecular flexibility index (Phi) is 9.06. The number of aromatic nitrogens is 1. The summed E-state index contributed by atoms with van der Waals surface area (Å²) in [7, 11) is -1.27. The lowest BCUT2D eigenvalue weighted by molar-refractivity contribution is -0.119. The lowest BCUT2D eigenvalue weighted by atomic mass is 10.1. The maximum atomic E-state index is 13.8. The molecule has 1 amide bonds. The maximum Gasteiger partial charge on any atom is 0.264 e. The summed E-state index contributed by atoms with van der Waals surface area (Å²) < 4.78 is 41.3. The monoisotopic (exact) mass is 588 g/mol. The van der Waals surface area contributed by atoms with E-state index in [9.17, 15) is 13.2 Å². The van der Waals surface area contributed by atoms with Gasteiger partial charge in [-0.1, -0.05) is 23.8 Å². The number of nitrogens with one attached hydrogen (secondary N) is 1. The smallest absolute Gasteiger partial charge is 0.264 e. The lowest BCUT2D eigenvalue weighted by Crippen LogP contribution is -2.39. The molecule has 1 heterocycles. The second-order valence-electron chi connectivity index (χ2n) is 10.2. The maximum absolute atomic E-state index is 13.8. The Morgan fingerprint density at radius 3 is 2.12 bits per heavy atom. The summed E-state index contributed by atoms with van der Waals surface area (Å²) in [4.78, 5) is 13.0. The number of rotatable bonds is 10. The Morgan fingerprint density at radius 1 is 0.857 bits per heavy atom. The predicted molar refractivity (Wildman–Crippen MR) is 166 cm³/mol. The van der Waals surface area contributed by atoms with Crippen molar-refractivity contribution in [3.8, 4) is 17.2 Å². The minimum Gasteiger partial charge on any atom is -0.493 e. The van der Waals surface area contributed by atoms with Crippen LogP contribution in [0.2, 0.25) is 0 Å². The van der Waals surface area contributed by atoms with E-state index in [4.69, 9.17) is 9.47 Å². The number of methoxy groups -OCH3 is 2. The summed E-state index contributed by atoms with van der Waals surface area (Å²) in [6, 6.07) is 19.5. The van der Waals surface area contributed by atoms with Crippen LogP contribution in [-0.4, -0.2) is 45.9 Å². The van der Waals surface area contributed by atoms with Crippen molar-refractivity contribution < 1.29 is 22.7 Å². The fourth-order valence-electron chi connectivity index (χ4n) is 4.87. The van der Waals surface area contributed by atoms with Gasteiger partial charge in [-0.2, -0.15) is 5.10 Å². The molecule has 4 rings (SSSR count). The van der Waals surface area contributed by atoms with Crippen molar-refractivity contribution in [1.82, 2.24) is 9.99 Å². The third kappa shape index (κ3) is 6.49. The molecule has 0 fully saturated rings. The minimum absolute atomic E-state index is 0.0455. The highest BCUT2D eigenvalue weighted by molar-refractivity contribution is 7.92. The SMILES string of the molecule is COc1ccc(S(=O)(=O)N(CC(=O)N/N=C/c2cc(C)n(-c3cc(C)cc(C)c3)c2C)c2ccc(C)cc2)cc1OC. The number of hydrogen-bond donors (Lipinski definition) is 1. The first-order chi connectivity index (χ1) is 19.9. The number of nitrogens with zero attached hydrogens (tertiary/aromatic N) is 3. The van der Waals surface area contributed by atoms with Gasteiger partial charge in [0, 0.05) is 28.7 Å². The van der Waals surface area contributed by atoms with Crippen LogP contribution in [-0.2, 0) is 14.8 Å². The van der Waals surface area contributed by atoms with E-state index < -0.39 is 22.5 Å². The van der Waals surface area contributed by atoms with Gasteiger partial charge in [-0.05, 0) is 88.2 Å². The van der Waals surface area contributed by atoms with Crippen LogP contribution in [0, 0.1) is 34.6 Å². The number of anilines is 1. The van der Waals surface area contributed by atoms with Crippen molar-refractivity contribution >= 4 is 27.8 Å². The Bertz CT molecular complexity index is 1720. The second-order valence-corrected chi connectivity index (χ2v) is 12.0. The van der Waals surface area contributed by atoms with Gasteiger partial charge in [-0.15, -0.1) is 0 Å². The van der Waals surface area contributed by atoms with Gasteiger partial charge < -0.3 is 14.0 Å². The Hall–Kier alpha value is -4.57. The lowest BCUT2D eigenvalue weighted by Gasteiger charge is -2.24. The summed E-state index contributed by atoms with van der Waals surface area (Å²) >= 11 is 0. The van der Waals surface area contributed by atoms with Gasteiger partial charge in [0.25, 0.3) is 15.9 Å². The molecule has 0 spiro atoms. The van der Waals surface area contributed by atoms with Crippen LogP contribution in [0.4, 0.5) is 5.69 Å². The molecular weight excluding hydrogens is 552 g/mol. The van der Waals surface area contributed by atoms with Gasteiger partial charge >= 0.3 is 0 Å². The predicted octanol–water partition coefficient (Wildman–Crippen LogP) is 5.38. The molecule has 0 saturated heterocycles. The van der Waals surface area contributed by atoms with Crippen molar-refractivity contribution in [2.45, 2.75) is 39.5 Å². The fourth-order valence-corrected chi connectivity index (χ4v) is 6.30. The molecule has 4 aromatic rings. The van der Waals surface area contributed by atoms with E-state index in [2.05, 4.69) is 47.1 Å². The van der Waals surface area contributed by atoms with Crippen LogP contribution in [0.15, 0.2) is 76.7 Å². The average molecular weight is 589 g/mol. The number of hydrazone groups is 1. The first-order valence-electron chi connectivity index (χ1n) is 13.4. The van der Waals surface area contributed by atoms with Crippen LogP contribution in [0.5, 0.6) is 11.5 Å². The van der Waals surface area contributed by atoms with Crippen LogP contribution in [0.3, 0.4) is 0 Å². The molecule has 0 radical (unpaired) electrons. The van der Waals surface area contributed by atoms with Crippen LogP contribution in [0.25, 0.3) is 5.69 Å².